The number of hydrogen-bond acceptors (Lipinski definition) is 4. The van der Waals surface area contributed by atoms with Crippen LogP contribution in [-0.2, 0) is 4.79 Å². The van der Waals surface area contributed by atoms with E-state index in [9.17, 15) is 4.79 Å². The number of anilines is 1. The number of imidazole rings is 1. The van der Waals surface area contributed by atoms with Gasteiger partial charge in [-0.05, 0) is 38.1 Å². The molecule has 2 N–H and O–H groups in total. The lowest BCUT2D eigenvalue weighted by Gasteiger charge is -2.31. The number of hydrogen-bond donors (Lipinski definition) is 2. The number of amides is 1. The van der Waals surface area contributed by atoms with Crippen LogP contribution in [0.2, 0.25) is 0 Å². The summed E-state index contributed by atoms with van der Waals surface area (Å²) in [6.07, 6.45) is 5.27. The van der Waals surface area contributed by atoms with Gasteiger partial charge in [0, 0.05) is 24.5 Å². The molecule has 2 aromatic heterocycles. The van der Waals surface area contributed by atoms with Crippen molar-refractivity contribution in [2.75, 3.05) is 18.4 Å². The Morgan fingerprint density at radius 3 is 2.86 bits per heavy atom. The van der Waals surface area contributed by atoms with Gasteiger partial charge >= 0.3 is 0 Å². The highest BCUT2D eigenvalue weighted by Gasteiger charge is 2.29. The first-order valence-electron chi connectivity index (χ1n) is 7.13. The van der Waals surface area contributed by atoms with E-state index in [4.69, 9.17) is 0 Å². The molecule has 21 heavy (non-hydrogen) atoms. The third-order valence-electron chi connectivity index (χ3n) is 4.03. The second-order valence-electron chi connectivity index (χ2n) is 5.42. The van der Waals surface area contributed by atoms with E-state index in [2.05, 4.69) is 20.6 Å². The molecule has 6 nitrogen and oxygen atoms in total. The minimum Gasteiger partial charge on any atom is -0.323 e. The molecule has 1 saturated heterocycles. The van der Waals surface area contributed by atoms with E-state index in [1.54, 1.807) is 12.4 Å². The van der Waals surface area contributed by atoms with Gasteiger partial charge in [-0.3, -0.25) is 9.36 Å². The number of aryl methyl sites for hydroxylation is 1. The number of pyridine rings is 1. The zero-order valence-corrected chi connectivity index (χ0v) is 12.2. The summed E-state index contributed by atoms with van der Waals surface area (Å²) in [5, 5.41) is 6.19. The second kappa shape index (κ2) is 5.65. The lowest BCUT2D eigenvalue weighted by Crippen LogP contribution is -2.48. The van der Waals surface area contributed by atoms with Gasteiger partial charge in [-0.15, -0.1) is 0 Å². The number of carbonyl (C=O) groups excluding carboxylic acids is 1. The van der Waals surface area contributed by atoms with Crippen molar-refractivity contribution in [2.45, 2.75) is 13.8 Å². The van der Waals surface area contributed by atoms with Crippen molar-refractivity contribution in [2.24, 2.45) is 11.8 Å². The van der Waals surface area contributed by atoms with E-state index in [0.717, 1.165) is 18.9 Å². The topological polar surface area (TPSA) is 71.8 Å². The molecular formula is C15H19N5O. The van der Waals surface area contributed by atoms with Crippen LogP contribution in [0.1, 0.15) is 12.7 Å². The number of carbonyl (C=O) groups is 1. The number of aromatic nitrogens is 3. The third kappa shape index (κ3) is 2.67. The van der Waals surface area contributed by atoms with Gasteiger partial charge in [-0.2, -0.15) is 0 Å². The molecule has 0 saturated carbocycles. The summed E-state index contributed by atoms with van der Waals surface area (Å²) in [5.41, 5.74) is 0.711. The van der Waals surface area contributed by atoms with E-state index in [0.29, 0.717) is 17.4 Å². The lowest BCUT2D eigenvalue weighted by molar-refractivity contribution is -0.121. The van der Waals surface area contributed by atoms with Crippen LogP contribution in [0, 0.1) is 18.8 Å². The largest absolute Gasteiger partial charge is 0.323 e. The zero-order valence-electron chi connectivity index (χ0n) is 12.2. The van der Waals surface area contributed by atoms with Gasteiger partial charge in [0.25, 0.3) is 0 Å². The fourth-order valence-electron chi connectivity index (χ4n) is 2.41. The predicted octanol–water partition coefficient (Wildman–Crippen LogP) is 1.37. The van der Waals surface area contributed by atoms with Crippen LogP contribution in [-0.4, -0.2) is 33.5 Å². The van der Waals surface area contributed by atoms with Crippen LogP contribution in [0.15, 0.2) is 30.7 Å². The van der Waals surface area contributed by atoms with Crippen molar-refractivity contribution in [1.29, 1.82) is 0 Å². The fraction of sp³-hybridized carbons (Fsp3) is 0.400. The van der Waals surface area contributed by atoms with E-state index >= 15 is 0 Å². The highest BCUT2D eigenvalue weighted by Crippen LogP contribution is 2.22. The normalized spacial score (nSPS) is 16.3. The second-order valence-corrected chi connectivity index (χ2v) is 5.42. The molecule has 110 valence electrons. The maximum atomic E-state index is 12.4. The van der Waals surface area contributed by atoms with Gasteiger partial charge in [0.05, 0.1) is 5.69 Å². The average molecular weight is 285 g/mol. The third-order valence-corrected chi connectivity index (χ3v) is 4.03. The Kier molecular flexibility index (Phi) is 3.70. The molecule has 0 aliphatic carbocycles. The van der Waals surface area contributed by atoms with E-state index < -0.39 is 0 Å². The highest BCUT2D eigenvalue weighted by molar-refractivity contribution is 5.94. The molecule has 1 aliphatic rings. The Morgan fingerprint density at radius 1 is 1.43 bits per heavy atom. The van der Waals surface area contributed by atoms with E-state index in [-0.39, 0.29) is 11.8 Å². The minimum atomic E-state index is -0.0109. The van der Waals surface area contributed by atoms with Gasteiger partial charge in [0.2, 0.25) is 5.91 Å². The molecule has 0 spiro atoms. The van der Waals surface area contributed by atoms with Gasteiger partial charge in [0.1, 0.15) is 5.82 Å². The first-order valence-corrected chi connectivity index (χ1v) is 7.13. The van der Waals surface area contributed by atoms with Crippen LogP contribution in [0.3, 0.4) is 0 Å². The van der Waals surface area contributed by atoms with Crippen LogP contribution in [0.5, 0.6) is 0 Å². The van der Waals surface area contributed by atoms with Crippen molar-refractivity contribution >= 4 is 11.6 Å². The Hall–Kier alpha value is -2.21. The van der Waals surface area contributed by atoms with Crippen molar-refractivity contribution in [3.05, 3.63) is 36.5 Å². The molecular weight excluding hydrogens is 266 g/mol. The SMILES string of the molecule is Cc1nccn1-c1ncccc1NC(=O)C(C)C1CNC1. The highest BCUT2D eigenvalue weighted by atomic mass is 16.1. The Labute approximate surface area is 123 Å². The van der Waals surface area contributed by atoms with Gasteiger partial charge in [0.15, 0.2) is 5.82 Å². The molecule has 2 aromatic rings. The number of rotatable bonds is 4. The van der Waals surface area contributed by atoms with Crippen molar-refractivity contribution < 1.29 is 4.79 Å². The molecule has 0 radical (unpaired) electrons. The molecule has 1 fully saturated rings. The summed E-state index contributed by atoms with van der Waals surface area (Å²) in [6, 6.07) is 3.69. The Bertz CT molecular complexity index is 647. The summed E-state index contributed by atoms with van der Waals surface area (Å²) in [5.74, 6) is 1.97. The first-order chi connectivity index (χ1) is 10.2. The van der Waals surface area contributed by atoms with Crippen LogP contribution in [0.4, 0.5) is 5.69 Å². The number of nitrogens with zero attached hydrogens (tertiary/aromatic N) is 3. The molecule has 0 bridgehead atoms. The molecule has 3 heterocycles. The molecule has 6 heteroatoms. The maximum absolute atomic E-state index is 12.4. The smallest absolute Gasteiger partial charge is 0.227 e. The van der Waals surface area contributed by atoms with Crippen LogP contribution < -0.4 is 10.6 Å². The molecule has 1 atom stereocenters. The van der Waals surface area contributed by atoms with Crippen LogP contribution >= 0.6 is 0 Å². The summed E-state index contributed by atoms with van der Waals surface area (Å²) < 4.78 is 1.87. The Morgan fingerprint density at radius 2 is 2.24 bits per heavy atom. The first kappa shape index (κ1) is 13.8. The summed E-state index contributed by atoms with van der Waals surface area (Å²) in [6.45, 7) is 5.70. The zero-order chi connectivity index (χ0) is 14.8. The van der Waals surface area contributed by atoms with Gasteiger partial charge < -0.3 is 10.6 Å². The van der Waals surface area contributed by atoms with Crippen molar-refractivity contribution in [1.82, 2.24) is 19.9 Å². The molecule has 1 unspecified atom stereocenters. The van der Waals surface area contributed by atoms with Crippen molar-refractivity contribution in [3.63, 3.8) is 0 Å². The molecule has 1 aliphatic heterocycles. The van der Waals surface area contributed by atoms with Gasteiger partial charge in [-0.25, -0.2) is 9.97 Å². The quantitative estimate of drug-likeness (QED) is 0.890. The predicted molar refractivity (Wildman–Crippen MR) is 80.2 cm³/mol. The molecule has 3 rings (SSSR count). The standard InChI is InChI=1S/C15H19N5O/c1-10(12-8-16-9-12)15(21)19-13-4-3-5-18-14(13)20-7-6-17-11(20)2/h3-7,10,12,16H,8-9H2,1-2H3,(H,19,21). The summed E-state index contributed by atoms with van der Waals surface area (Å²) in [4.78, 5) is 20.9. The van der Waals surface area contributed by atoms with Crippen molar-refractivity contribution in [3.8, 4) is 5.82 Å². The average Bonchev–Trinajstić information content (AvgIpc) is 2.83. The Balaban J connectivity index is 1.82. The monoisotopic (exact) mass is 285 g/mol. The molecule has 0 aromatic carbocycles. The van der Waals surface area contributed by atoms with E-state index in [1.807, 2.05) is 36.7 Å². The summed E-state index contributed by atoms with van der Waals surface area (Å²) in [7, 11) is 0. The fourth-order valence-corrected chi connectivity index (χ4v) is 2.41. The van der Waals surface area contributed by atoms with Crippen LogP contribution in [0.25, 0.3) is 5.82 Å². The minimum absolute atomic E-state index is 0.0109. The lowest BCUT2D eigenvalue weighted by atomic mass is 9.88. The molecule has 1 amide bonds. The maximum Gasteiger partial charge on any atom is 0.227 e. The van der Waals surface area contributed by atoms with E-state index in [1.165, 1.54) is 0 Å². The summed E-state index contributed by atoms with van der Waals surface area (Å²) >= 11 is 0. The van der Waals surface area contributed by atoms with Gasteiger partial charge in [-0.1, -0.05) is 6.92 Å². The number of nitrogens with one attached hydrogen (secondary N) is 2.